The molecule has 0 heterocycles. The molecule has 0 rings (SSSR count). The Balaban J connectivity index is 0. The van der Waals surface area contributed by atoms with Gasteiger partial charge in [-0.3, -0.25) is 9.59 Å². The number of quaternary nitrogens is 1. The van der Waals surface area contributed by atoms with Gasteiger partial charge >= 0.3 is 11.9 Å². The summed E-state index contributed by atoms with van der Waals surface area (Å²) in [6.45, 7) is 7.27. The van der Waals surface area contributed by atoms with Crippen LogP contribution in [0.5, 0.6) is 0 Å². The zero-order valence-corrected chi connectivity index (χ0v) is 21.3. The molecule has 0 aromatic rings. The molecule has 0 N–H and O–H groups in total. The van der Waals surface area contributed by atoms with E-state index in [0.29, 0.717) is 24.1 Å². The zero-order valence-electron chi connectivity index (χ0n) is 20.5. The number of esters is 2. The summed E-state index contributed by atoms with van der Waals surface area (Å²) in [6.07, 6.45) is 12.6. The molecule has 0 radical (unpaired) electrons. The molecule has 0 aliphatic rings. The van der Waals surface area contributed by atoms with Crippen LogP contribution in [0.1, 0.15) is 97.8 Å². The van der Waals surface area contributed by atoms with E-state index in [2.05, 4.69) is 6.92 Å². The molecule has 180 valence electrons. The third-order valence-electron chi connectivity index (χ3n) is 4.78. The lowest BCUT2D eigenvalue weighted by molar-refractivity contribution is -0.873. The highest BCUT2D eigenvalue weighted by Gasteiger charge is 2.25. The fourth-order valence-corrected chi connectivity index (χ4v) is 3.34. The van der Waals surface area contributed by atoms with Crippen LogP contribution in [0.2, 0.25) is 0 Å². The van der Waals surface area contributed by atoms with E-state index >= 15 is 0 Å². The third kappa shape index (κ3) is 21.9. The van der Waals surface area contributed by atoms with Gasteiger partial charge in [0.15, 0.2) is 6.10 Å². The molecule has 0 saturated heterocycles. The summed E-state index contributed by atoms with van der Waals surface area (Å²) in [4.78, 5) is 24.2. The maximum atomic E-state index is 12.2. The first-order valence-electron chi connectivity index (χ1n) is 11.8. The normalized spacial score (nSPS) is 12.4. The maximum Gasteiger partial charge on any atom is 0.309 e. The van der Waals surface area contributed by atoms with Gasteiger partial charge in [0.1, 0.15) is 6.54 Å². The zero-order chi connectivity index (χ0) is 22.1. The number of carbonyl (C=O) groups excluding carboxylic acids is 2. The molecule has 0 spiro atoms. The lowest BCUT2D eigenvalue weighted by Gasteiger charge is -2.28. The number of carbonyl (C=O) groups is 2. The van der Waals surface area contributed by atoms with Gasteiger partial charge in [-0.1, -0.05) is 78.6 Å². The van der Waals surface area contributed by atoms with Crippen molar-refractivity contribution < 1.29 is 36.0 Å². The van der Waals surface area contributed by atoms with E-state index in [0.717, 1.165) is 12.8 Å². The number of nitrogens with zero attached hydrogens (tertiary/aromatic N) is 1. The number of likely N-dealkylation sites (N-methyl/N-ethyl adjacent to an activating group) is 1. The van der Waals surface area contributed by atoms with Gasteiger partial charge in [-0.2, -0.15) is 0 Å². The van der Waals surface area contributed by atoms with E-state index in [1.54, 1.807) is 0 Å². The molecule has 0 aromatic heterocycles. The van der Waals surface area contributed by atoms with Gasteiger partial charge in [-0.05, 0) is 12.3 Å². The third-order valence-corrected chi connectivity index (χ3v) is 4.78. The Morgan fingerprint density at radius 3 is 1.73 bits per heavy atom. The minimum atomic E-state index is -0.429. The number of ether oxygens (including phenoxy) is 2. The molecule has 0 amide bonds. The van der Waals surface area contributed by atoms with E-state index in [4.69, 9.17) is 9.47 Å². The molecule has 0 saturated carbocycles. The van der Waals surface area contributed by atoms with E-state index < -0.39 is 6.10 Å². The summed E-state index contributed by atoms with van der Waals surface area (Å²) in [5.74, 6) is -0.256. The summed E-state index contributed by atoms with van der Waals surface area (Å²) in [5.41, 5.74) is 0. The molecule has 0 fully saturated rings. The van der Waals surface area contributed by atoms with Gasteiger partial charge in [0, 0.05) is 6.42 Å². The first kappa shape index (κ1) is 31.4. The second-order valence-corrected chi connectivity index (χ2v) is 9.79. The van der Waals surface area contributed by atoms with Crippen LogP contribution in [-0.2, 0) is 19.1 Å². The standard InChI is InChI=1S/C24H48NO4.ClH/c1-7-8-9-10-11-12-13-14-15-16-17-28-23(26)19-22(20-25(4,5)6)29-24(27)18-21(2)3;/h21-22H,7-20H2,1-6H3;1H/q+1;/p-1/t22-;/m1./s1. The molecule has 0 aliphatic carbocycles. The lowest BCUT2D eigenvalue weighted by atomic mass is 10.1. The summed E-state index contributed by atoms with van der Waals surface area (Å²) < 4.78 is 11.6. The number of unbranched alkanes of at least 4 members (excludes halogenated alkanes) is 9. The highest BCUT2D eigenvalue weighted by atomic mass is 35.5. The van der Waals surface area contributed by atoms with Crippen LogP contribution in [0.3, 0.4) is 0 Å². The molecule has 1 atom stereocenters. The first-order chi connectivity index (χ1) is 13.6. The van der Waals surface area contributed by atoms with Crippen molar-refractivity contribution in [2.24, 2.45) is 5.92 Å². The number of hydrogen-bond donors (Lipinski definition) is 0. The fourth-order valence-electron chi connectivity index (χ4n) is 3.34. The molecule has 5 nitrogen and oxygen atoms in total. The number of halogens is 1. The summed E-state index contributed by atoms with van der Waals surface area (Å²) >= 11 is 0. The fraction of sp³-hybridized carbons (Fsp3) is 0.917. The van der Waals surface area contributed by atoms with Crippen LogP contribution in [0, 0.1) is 5.92 Å². The maximum absolute atomic E-state index is 12.2. The van der Waals surface area contributed by atoms with Crippen molar-refractivity contribution in [1.82, 2.24) is 0 Å². The van der Waals surface area contributed by atoms with Crippen LogP contribution in [-0.4, -0.2) is 56.8 Å². The Morgan fingerprint density at radius 1 is 0.767 bits per heavy atom. The summed E-state index contributed by atoms with van der Waals surface area (Å²) in [6, 6.07) is 0. The van der Waals surface area contributed by atoms with Crippen LogP contribution in [0.4, 0.5) is 0 Å². The highest BCUT2D eigenvalue weighted by molar-refractivity contribution is 5.72. The average molecular weight is 450 g/mol. The second-order valence-electron chi connectivity index (χ2n) is 9.79. The van der Waals surface area contributed by atoms with E-state index in [-0.39, 0.29) is 36.7 Å². The average Bonchev–Trinajstić information content (AvgIpc) is 2.57. The van der Waals surface area contributed by atoms with Crippen molar-refractivity contribution in [3.8, 4) is 0 Å². The Hall–Kier alpha value is -0.810. The monoisotopic (exact) mass is 449 g/mol. The smallest absolute Gasteiger partial charge is 0.309 e. The van der Waals surface area contributed by atoms with Crippen molar-refractivity contribution in [2.45, 2.75) is 104 Å². The lowest BCUT2D eigenvalue weighted by Crippen LogP contribution is -3.00. The number of rotatable bonds is 18. The molecule has 30 heavy (non-hydrogen) atoms. The molecular formula is C24H48ClNO4. The molecule has 6 heteroatoms. The van der Waals surface area contributed by atoms with Crippen LogP contribution in [0.25, 0.3) is 0 Å². The molecule has 0 aliphatic heterocycles. The van der Waals surface area contributed by atoms with E-state index in [1.807, 2.05) is 35.0 Å². The van der Waals surface area contributed by atoms with Crippen LogP contribution >= 0.6 is 0 Å². The van der Waals surface area contributed by atoms with Gasteiger partial charge in [0.25, 0.3) is 0 Å². The van der Waals surface area contributed by atoms with Crippen molar-refractivity contribution in [3.63, 3.8) is 0 Å². The quantitative estimate of drug-likeness (QED) is 0.183. The number of hydrogen-bond acceptors (Lipinski definition) is 4. The van der Waals surface area contributed by atoms with E-state index in [9.17, 15) is 9.59 Å². The topological polar surface area (TPSA) is 52.6 Å². The molecule has 0 unspecified atom stereocenters. The SMILES string of the molecule is CCCCCCCCCCCCOC(=O)C[C@H](C[N+](C)(C)C)OC(=O)CC(C)C.[Cl-]. The Morgan fingerprint density at radius 2 is 1.27 bits per heavy atom. The van der Waals surface area contributed by atoms with Crippen LogP contribution in [0.15, 0.2) is 0 Å². The van der Waals surface area contributed by atoms with E-state index in [1.165, 1.54) is 51.4 Å². The molecular weight excluding hydrogens is 402 g/mol. The summed E-state index contributed by atoms with van der Waals surface area (Å²) in [7, 11) is 6.08. The van der Waals surface area contributed by atoms with Crippen molar-refractivity contribution in [1.29, 1.82) is 0 Å². The van der Waals surface area contributed by atoms with Gasteiger partial charge in [-0.15, -0.1) is 0 Å². The Labute approximate surface area is 192 Å². The summed E-state index contributed by atoms with van der Waals surface area (Å²) in [5, 5.41) is 0. The van der Waals surface area contributed by atoms with Crippen molar-refractivity contribution in [3.05, 3.63) is 0 Å². The minimum Gasteiger partial charge on any atom is -1.00 e. The van der Waals surface area contributed by atoms with Crippen LogP contribution < -0.4 is 12.4 Å². The Bertz CT molecular complexity index is 435. The first-order valence-corrected chi connectivity index (χ1v) is 11.8. The largest absolute Gasteiger partial charge is 1.00 e. The van der Waals surface area contributed by atoms with Gasteiger partial charge in [-0.25, -0.2) is 0 Å². The van der Waals surface area contributed by atoms with Gasteiger partial charge < -0.3 is 26.4 Å². The predicted molar refractivity (Wildman–Crippen MR) is 120 cm³/mol. The minimum absolute atomic E-state index is 0. The molecule has 0 aromatic carbocycles. The highest BCUT2D eigenvalue weighted by Crippen LogP contribution is 2.12. The van der Waals surface area contributed by atoms with Crippen molar-refractivity contribution >= 4 is 11.9 Å². The predicted octanol–water partition coefficient (Wildman–Crippen LogP) is 2.51. The second kappa shape index (κ2) is 18.9. The van der Waals surface area contributed by atoms with Gasteiger partial charge in [0.2, 0.25) is 0 Å². The van der Waals surface area contributed by atoms with Gasteiger partial charge in [0.05, 0.1) is 34.2 Å². The Kier molecular flexibility index (Phi) is 19.8. The molecule has 0 bridgehead atoms. The van der Waals surface area contributed by atoms with Crippen molar-refractivity contribution in [2.75, 3.05) is 34.3 Å².